The SMILES string of the molecule is O=C(CC1N=C(N/N=C/c2ccc(O)cc2)NC1=O)Nc1ccc(F)c(F)c1. The summed E-state index contributed by atoms with van der Waals surface area (Å²) >= 11 is 0. The lowest BCUT2D eigenvalue weighted by Crippen LogP contribution is -2.35. The van der Waals surface area contributed by atoms with E-state index in [1.807, 2.05) is 0 Å². The number of hydrogen-bond donors (Lipinski definition) is 4. The lowest BCUT2D eigenvalue weighted by molar-refractivity contribution is -0.123. The molecular formula is C18H15F2N5O3. The standard InChI is InChI=1S/C18H15F2N5O3/c19-13-6-3-11(7-14(13)20)22-16(27)8-15-17(28)24-18(23-15)25-21-9-10-1-4-12(26)5-2-10/h1-7,9,15,26H,8H2,(H,22,27)(H2,23,24,25,28)/b21-9+. The minimum absolute atomic E-state index is 0.0723. The second-order valence-electron chi connectivity index (χ2n) is 5.83. The first kappa shape index (κ1) is 19.0. The van der Waals surface area contributed by atoms with Gasteiger partial charge in [-0.2, -0.15) is 5.10 Å². The van der Waals surface area contributed by atoms with Gasteiger partial charge in [0.25, 0.3) is 5.91 Å². The van der Waals surface area contributed by atoms with Crippen molar-refractivity contribution in [3.8, 4) is 5.75 Å². The zero-order chi connectivity index (χ0) is 20.1. The molecule has 1 atom stereocenters. The number of carbonyl (C=O) groups is 2. The summed E-state index contributed by atoms with van der Waals surface area (Å²) in [5.41, 5.74) is 3.32. The fraction of sp³-hybridized carbons (Fsp3) is 0.111. The van der Waals surface area contributed by atoms with E-state index in [2.05, 4.69) is 26.2 Å². The van der Waals surface area contributed by atoms with Gasteiger partial charge in [-0.1, -0.05) is 0 Å². The first-order chi connectivity index (χ1) is 13.4. The van der Waals surface area contributed by atoms with Crippen molar-refractivity contribution in [1.82, 2.24) is 10.7 Å². The molecule has 0 saturated heterocycles. The van der Waals surface area contributed by atoms with Gasteiger partial charge in [-0.25, -0.2) is 19.2 Å². The Morgan fingerprint density at radius 2 is 1.96 bits per heavy atom. The summed E-state index contributed by atoms with van der Waals surface area (Å²) < 4.78 is 26.1. The summed E-state index contributed by atoms with van der Waals surface area (Å²) in [5, 5.41) is 17.9. The first-order valence-electron chi connectivity index (χ1n) is 8.12. The average Bonchev–Trinajstić information content (AvgIpc) is 2.99. The highest BCUT2D eigenvalue weighted by Crippen LogP contribution is 2.14. The summed E-state index contributed by atoms with van der Waals surface area (Å²) in [6.45, 7) is 0. The minimum atomic E-state index is -1.09. The zero-order valence-electron chi connectivity index (χ0n) is 14.3. The number of hydrazone groups is 1. The summed E-state index contributed by atoms with van der Waals surface area (Å²) in [6.07, 6.45) is 1.18. The van der Waals surface area contributed by atoms with Gasteiger partial charge < -0.3 is 10.4 Å². The van der Waals surface area contributed by atoms with Crippen molar-refractivity contribution < 1.29 is 23.5 Å². The molecule has 10 heteroatoms. The Kier molecular flexibility index (Phi) is 5.58. The topological polar surface area (TPSA) is 115 Å². The number of aromatic hydroxyl groups is 1. The number of rotatable bonds is 5. The van der Waals surface area contributed by atoms with E-state index >= 15 is 0 Å². The van der Waals surface area contributed by atoms with Gasteiger partial charge in [0.05, 0.1) is 12.6 Å². The van der Waals surface area contributed by atoms with Crippen molar-refractivity contribution in [3.63, 3.8) is 0 Å². The average molecular weight is 387 g/mol. The Bertz CT molecular complexity index is 960. The lowest BCUT2D eigenvalue weighted by atomic mass is 10.2. The molecule has 3 rings (SSSR count). The van der Waals surface area contributed by atoms with Crippen LogP contribution in [0.1, 0.15) is 12.0 Å². The largest absolute Gasteiger partial charge is 0.508 e. The third kappa shape index (κ3) is 4.87. The van der Waals surface area contributed by atoms with Crippen LogP contribution in [0.4, 0.5) is 14.5 Å². The number of aliphatic imine (C=N–C) groups is 1. The smallest absolute Gasteiger partial charge is 0.252 e. The van der Waals surface area contributed by atoms with Crippen molar-refractivity contribution in [2.75, 3.05) is 5.32 Å². The molecule has 2 amide bonds. The van der Waals surface area contributed by atoms with Crippen LogP contribution in [0.25, 0.3) is 0 Å². The Labute approximate surface area is 158 Å². The Morgan fingerprint density at radius 3 is 2.68 bits per heavy atom. The van der Waals surface area contributed by atoms with E-state index in [4.69, 9.17) is 0 Å². The van der Waals surface area contributed by atoms with Gasteiger partial charge in [-0.3, -0.25) is 14.9 Å². The second-order valence-corrected chi connectivity index (χ2v) is 5.83. The van der Waals surface area contributed by atoms with Crippen LogP contribution in [0.2, 0.25) is 0 Å². The number of benzene rings is 2. The third-order valence-corrected chi connectivity index (χ3v) is 3.69. The number of hydrogen-bond acceptors (Lipinski definition) is 6. The van der Waals surface area contributed by atoms with Gasteiger partial charge >= 0.3 is 0 Å². The van der Waals surface area contributed by atoms with Gasteiger partial charge in [0.1, 0.15) is 11.8 Å². The molecule has 1 aliphatic heterocycles. The van der Waals surface area contributed by atoms with Crippen LogP contribution in [0.5, 0.6) is 5.75 Å². The highest BCUT2D eigenvalue weighted by Gasteiger charge is 2.28. The maximum atomic E-state index is 13.2. The molecule has 2 aromatic carbocycles. The Hall–Kier alpha value is -3.82. The minimum Gasteiger partial charge on any atom is -0.508 e. The Morgan fingerprint density at radius 1 is 1.21 bits per heavy atom. The molecule has 1 heterocycles. The normalized spacial score (nSPS) is 16.0. The van der Waals surface area contributed by atoms with E-state index in [9.17, 15) is 23.5 Å². The molecule has 1 unspecified atom stereocenters. The van der Waals surface area contributed by atoms with Crippen molar-refractivity contribution in [3.05, 3.63) is 59.7 Å². The van der Waals surface area contributed by atoms with E-state index < -0.39 is 29.5 Å². The third-order valence-electron chi connectivity index (χ3n) is 3.69. The number of carbonyl (C=O) groups excluding carboxylic acids is 2. The summed E-state index contributed by atoms with van der Waals surface area (Å²) in [6, 6.07) is 8.24. The van der Waals surface area contributed by atoms with Crippen LogP contribution in [0.3, 0.4) is 0 Å². The molecule has 0 saturated carbocycles. The predicted octanol–water partition coefficient (Wildman–Crippen LogP) is 1.48. The van der Waals surface area contributed by atoms with E-state index in [0.717, 1.165) is 12.1 Å². The molecular weight excluding hydrogens is 372 g/mol. The number of phenols is 1. The van der Waals surface area contributed by atoms with Crippen molar-refractivity contribution >= 4 is 29.7 Å². The monoisotopic (exact) mass is 387 g/mol. The molecule has 0 fully saturated rings. The Balaban J connectivity index is 1.54. The molecule has 1 aliphatic rings. The highest BCUT2D eigenvalue weighted by atomic mass is 19.2. The van der Waals surface area contributed by atoms with Crippen molar-refractivity contribution in [2.45, 2.75) is 12.5 Å². The molecule has 0 radical (unpaired) electrons. The number of nitrogens with zero attached hydrogens (tertiary/aromatic N) is 2. The van der Waals surface area contributed by atoms with Gasteiger partial charge in [-0.05, 0) is 42.0 Å². The number of guanidine groups is 1. The zero-order valence-corrected chi connectivity index (χ0v) is 14.3. The van der Waals surface area contributed by atoms with Crippen LogP contribution in [0, 0.1) is 11.6 Å². The number of anilines is 1. The fourth-order valence-corrected chi connectivity index (χ4v) is 2.33. The number of amides is 2. The summed E-state index contributed by atoms with van der Waals surface area (Å²) in [4.78, 5) is 27.9. The summed E-state index contributed by atoms with van der Waals surface area (Å²) in [7, 11) is 0. The fourth-order valence-electron chi connectivity index (χ4n) is 2.33. The number of halogens is 2. The molecule has 0 bridgehead atoms. The van der Waals surface area contributed by atoms with Gasteiger partial charge in [0.15, 0.2) is 11.6 Å². The van der Waals surface area contributed by atoms with Crippen LogP contribution in [-0.4, -0.2) is 35.1 Å². The molecule has 0 aromatic heterocycles. The van der Waals surface area contributed by atoms with E-state index in [1.165, 1.54) is 24.4 Å². The highest BCUT2D eigenvalue weighted by molar-refractivity contribution is 6.07. The molecule has 4 N–H and O–H groups in total. The lowest BCUT2D eigenvalue weighted by Gasteiger charge is -2.07. The van der Waals surface area contributed by atoms with Crippen LogP contribution in [-0.2, 0) is 9.59 Å². The molecule has 8 nitrogen and oxygen atoms in total. The van der Waals surface area contributed by atoms with Crippen molar-refractivity contribution in [1.29, 1.82) is 0 Å². The quantitative estimate of drug-likeness (QED) is 0.459. The molecule has 2 aromatic rings. The van der Waals surface area contributed by atoms with Gasteiger partial charge in [-0.15, -0.1) is 0 Å². The van der Waals surface area contributed by atoms with Gasteiger partial charge in [0, 0.05) is 11.8 Å². The first-order valence-corrected chi connectivity index (χ1v) is 8.12. The number of phenolic OH excluding ortho intramolecular Hbond substituents is 1. The van der Waals surface area contributed by atoms with E-state index in [-0.39, 0.29) is 23.8 Å². The van der Waals surface area contributed by atoms with Crippen LogP contribution in [0.15, 0.2) is 52.6 Å². The number of nitrogens with one attached hydrogen (secondary N) is 3. The van der Waals surface area contributed by atoms with Gasteiger partial charge in [0.2, 0.25) is 11.9 Å². The second kappa shape index (κ2) is 8.25. The molecule has 28 heavy (non-hydrogen) atoms. The van der Waals surface area contributed by atoms with E-state index in [1.54, 1.807) is 12.1 Å². The predicted molar refractivity (Wildman–Crippen MR) is 97.8 cm³/mol. The maximum absolute atomic E-state index is 13.2. The van der Waals surface area contributed by atoms with E-state index in [0.29, 0.717) is 5.56 Å². The summed E-state index contributed by atoms with van der Waals surface area (Å²) in [5.74, 6) is -2.99. The molecule has 0 spiro atoms. The molecule has 144 valence electrons. The maximum Gasteiger partial charge on any atom is 0.252 e. The molecule has 0 aliphatic carbocycles. The van der Waals surface area contributed by atoms with Crippen LogP contribution >= 0.6 is 0 Å². The van der Waals surface area contributed by atoms with Crippen molar-refractivity contribution in [2.24, 2.45) is 10.1 Å². The van der Waals surface area contributed by atoms with Crippen LogP contribution < -0.4 is 16.1 Å².